The van der Waals surface area contributed by atoms with Crippen LogP contribution in [-0.4, -0.2) is 18.5 Å². The van der Waals surface area contributed by atoms with Gasteiger partial charge in [0, 0.05) is 5.56 Å². The second kappa shape index (κ2) is 7.82. The highest BCUT2D eigenvalue weighted by Gasteiger charge is 2.15. The van der Waals surface area contributed by atoms with Gasteiger partial charge >= 0.3 is 0 Å². The first-order valence-corrected chi connectivity index (χ1v) is 8.51. The van der Waals surface area contributed by atoms with Crippen molar-refractivity contribution in [2.45, 2.75) is 4.90 Å². The fourth-order valence-electron chi connectivity index (χ4n) is 1.91. The van der Waals surface area contributed by atoms with Gasteiger partial charge in [-0.1, -0.05) is 30.3 Å². The summed E-state index contributed by atoms with van der Waals surface area (Å²) >= 11 is 0. The Labute approximate surface area is 143 Å². The minimum Gasteiger partial charge on any atom is -0.505 e. The zero-order valence-corrected chi connectivity index (χ0v) is 13.6. The summed E-state index contributed by atoms with van der Waals surface area (Å²) in [4.78, 5) is 3.80. The predicted molar refractivity (Wildman–Crippen MR) is 89.1 cm³/mol. The molecule has 0 aliphatic rings. The minimum absolute atomic E-state index is 0.0286. The minimum atomic E-state index is -3.83. The summed E-state index contributed by atoms with van der Waals surface area (Å²) in [5, 5.41) is 13.6. The van der Waals surface area contributed by atoms with Gasteiger partial charge in [-0.05, 0) is 30.3 Å². The number of aromatic nitrogens is 1. The van der Waals surface area contributed by atoms with Gasteiger partial charge in [0.1, 0.15) is 5.82 Å². The molecular weight excluding hydrogens is 350 g/mol. The molecule has 0 bridgehead atoms. The molecule has 3 aromatic rings. The molecule has 0 aliphatic heterocycles. The number of phenolic OH excluding ortho intramolecular Hbond substituents is 1. The molecule has 1 aromatic heterocycles. The molecule has 0 aliphatic carbocycles. The number of aromatic hydroxyl groups is 1. The summed E-state index contributed by atoms with van der Waals surface area (Å²) in [7, 11) is -3.83. The lowest BCUT2D eigenvalue weighted by molar-refractivity contribution is 0.432. The number of nitrogens with zero attached hydrogens (tertiary/aromatic N) is 1. The summed E-state index contributed by atoms with van der Waals surface area (Å²) in [5.41, 5.74) is 0.714. The number of hydrogen-bond donors (Lipinski definition) is 2. The molecule has 0 unspecified atom stereocenters. The Morgan fingerprint density at radius 3 is 2.08 bits per heavy atom. The average molecular weight is 364 g/mol. The van der Waals surface area contributed by atoms with E-state index in [9.17, 15) is 17.2 Å². The van der Waals surface area contributed by atoms with Crippen LogP contribution >= 0.6 is 0 Å². The first-order valence-electron chi connectivity index (χ1n) is 6.96. The SMILES string of the molecule is NS(=O)(=O)c1ccccc1-c1ccc(F)cn1.Oc1ccccc1F. The molecule has 2 aromatic carbocycles. The van der Waals surface area contributed by atoms with Crippen molar-refractivity contribution in [3.63, 3.8) is 0 Å². The second-order valence-electron chi connectivity index (χ2n) is 4.85. The third-order valence-electron chi connectivity index (χ3n) is 3.05. The van der Waals surface area contributed by atoms with E-state index in [1.165, 1.54) is 36.4 Å². The Bertz CT molecular complexity index is 941. The number of hydrogen-bond acceptors (Lipinski definition) is 4. The zero-order valence-electron chi connectivity index (χ0n) is 12.8. The van der Waals surface area contributed by atoms with Crippen LogP contribution in [-0.2, 0) is 10.0 Å². The van der Waals surface area contributed by atoms with Gasteiger partial charge in [-0.3, -0.25) is 4.98 Å². The molecule has 25 heavy (non-hydrogen) atoms. The maximum Gasteiger partial charge on any atom is 0.238 e. The van der Waals surface area contributed by atoms with Gasteiger partial charge in [0.05, 0.1) is 16.8 Å². The van der Waals surface area contributed by atoms with E-state index in [0.29, 0.717) is 11.3 Å². The van der Waals surface area contributed by atoms with Crippen LogP contribution in [0.15, 0.2) is 71.8 Å². The van der Waals surface area contributed by atoms with Crippen molar-refractivity contribution >= 4 is 10.0 Å². The van der Waals surface area contributed by atoms with Crippen LogP contribution in [0.4, 0.5) is 8.78 Å². The topological polar surface area (TPSA) is 93.3 Å². The average Bonchev–Trinajstić information content (AvgIpc) is 2.58. The normalized spacial score (nSPS) is 10.7. The molecule has 0 fully saturated rings. The molecule has 0 amide bonds. The van der Waals surface area contributed by atoms with Crippen LogP contribution in [0.2, 0.25) is 0 Å². The highest BCUT2D eigenvalue weighted by atomic mass is 32.2. The van der Waals surface area contributed by atoms with E-state index in [-0.39, 0.29) is 10.6 Å². The third kappa shape index (κ3) is 5.07. The van der Waals surface area contributed by atoms with Crippen molar-refractivity contribution in [2.24, 2.45) is 5.14 Å². The third-order valence-corrected chi connectivity index (χ3v) is 4.02. The molecule has 130 valence electrons. The van der Waals surface area contributed by atoms with E-state index in [1.807, 2.05) is 0 Å². The number of benzene rings is 2. The highest BCUT2D eigenvalue weighted by molar-refractivity contribution is 7.89. The lowest BCUT2D eigenvalue weighted by Gasteiger charge is -2.06. The molecule has 3 rings (SSSR count). The smallest absolute Gasteiger partial charge is 0.238 e. The number of para-hydroxylation sites is 1. The molecule has 0 saturated carbocycles. The first-order chi connectivity index (χ1) is 11.8. The quantitative estimate of drug-likeness (QED) is 0.731. The van der Waals surface area contributed by atoms with Gasteiger partial charge in [0.2, 0.25) is 10.0 Å². The van der Waals surface area contributed by atoms with Crippen molar-refractivity contribution in [1.82, 2.24) is 4.98 Å². The van der Waals surface area contributed by atoms with E-state index < -0.39 is 21.7 Å². The monoisotopic (exact) mass is 364 g/mol. The first kappa shape index (κ1) is 18.5. The van der Waals surface area contributed by atoms with Gasteiger partial charge < -0.3 is 5.11 Å². The number of sulfonamides is 1. The predicted octanol–water partition coefficient (Wildman–Crippen LogP) is 3.07. The number of nitrogens with two attached hydrogens (primary N) is 1. The van der Waals surface area contributed by atoms with Crippen LogP contribution in [0.3, 0.4) is 0 Å². The Hall–Kier alpha value is -2.84. The maximum absolute atomic E-state index is 12.7. The van der Waals surface area contributed by atoms with E-state index in [0.717, 1.165) is 6.20 Å². The van der Waals surface area contributed by atoms with Crippen molar-refractivity contribution in [3.05, 3.63) is 78.5 Å². The summed E-state index contributed by atoms with van der Waals surface area (Å²) in [6, 6.07) is 14.4. The molecule has 5 nitrogen and oxygen atoms in total. The molecule has 0 radical (unpaired) electrons. The van der Waals surface area contributed by atoms with Gasteiger partial charge in [-0.25, -0.2) is 22.3 Å². The summed E-state index contributed by atoms with van der Waals surface area (Å²) in [6.45, 7) is 0. The van der Waals surface area contributed by atoms with Gasteiger partial charge in [0.15, 0.2) is 11.6 Å². The van der Waals surface area contributed by atoms with Gasteiger partial charge in [-0.2, -0.15) is 0 Å². The Kier molecular flexibility index (Phi) is 5.79. The van der Waals surface area contributed by atoms with Crippen molar-refractivity contribution in [2.75, 3.05) is 0 Å². The molecular formula is C17H14F2N2O3S. The molecule has 0 saturated heterocycles. The lowest BCUT2D eigenvalue weighted by atomic mass is 10.1. The van der Waals surface area contributed by atoms with Crippen LogP contribution in [0.1, 0.15) is 0 Å². The standard InChI is InChI=1S/C11H9FN2O2S.C6H5FO/c12-8-5-6-10(14-7-8)9-3-1-2-4-11(9)17(13,15)16;7-5-3-1-2-4-6(5)8/h1-7H,(H2,13,15,16);1-4,8H. The molecule has 1 heterocycles. The number of pyridine rings is 1. The van der Waals surface area contributed by atoms with Gasteiger partial charge in [0.25, 0.3) is 0 Å². The summed E-state index contributed by atoms with van der Waals surface area (Å²) in [6.07, 6.45) is 1.02. The second-order valence-corrected chi connectivity index (χ2v) is 6.38. The van der Waals surface area contributed by atoms with Crippen molar-refractivity contribution < 1.29 is 22.3 Å². The van der Waals surface area contributed by atoms with Crippen molar-refractivity contribution in [1.29, 1.82) is 0 Å². The van der Waals surface area contributed by atoms with Crippen LogP contribution in [0.25, 0.3) is 11.3 Å². The molecule has 8 heteroatoms. The number of rotatable bonds is 2. The number of halogens is 2. The largest absolute Gasteiger partial charge is 0.505 e. The summed E-state index contributed by atoms with van der Waals surface area (Å²) in [5.74, 6) is -1.36. The van der Waals surface area contributed by atoms with Crippen molar-refractivity contribution in [3.8, 4) is 17.0 Å². The number of primary sulfonamides is 1. The summed E-state index contributed by atoms with van der Waals surface area (Å²) < 4.78 is 47.5. The Morgan fingerprint density at radius 1 is 0.920 bits per heavy atom. The Morgan fingerprint density at radius 2 is 1.56 bits per heavy atom. The van der Waals surface area contributed by atoms with Crippen LogP contribution in [0, 0.1) is 11.6 Å². The van der Waals surface area contributed by atoms with E-state index in [4.69, 9.17) is 10.2 Å². The Balaban J connectivity index is 0.000000236. The lowest BCUT2D eigenvalue weighted by Crippen LogP contribution is -2.13. The zero-order chi connectivity index (χ0) is 18.4. The fourth-order valence-corrected chi connectivity index (χ4v) is 2.66. The van der Waals surface area contributed by atoms with Crippen LogP contribution in [0.5, 0.6) is 5.75 Å². The fraction of sp³-hybridized carbons (Fsp3) is 0. The van der Waals surface area contributed by atoms with Crippen LogP contribution < -0.4 is 5.14 Å². The molecule has 0 atom stereocenters. The highest BCUT2D eigenvalue weighted by Crippen LogP contribution is 2.24. The molecule has 0 spiro atoms. The maximum atomic E-state index is 12.7. The van der Waals surface area contributed by atoms with E-state index in [1.54, 1.807) is 24.3 Å². The number of phenols is 1. The van der Waals surface area contributed by atoms with E-state index >= 15 is 0 Å². The molecule has 3 N–H and O–H groups in total. The van der Waals surface area contributed by atoms with E-state index in [2.05, 4.69) is 4.98 Å². The van der Waals surface area contributed by atoms with Gasteiger partial charge in [-0.15, -0.1) is 0 Å².